The number of anilines is 1. The standard InChI is InChI=1S/C20H17N3O3S/c24-19(6-5-12-11-21-14-4-2-1-3-13(12)14)23-20-22-15-9-16-17(10-18(15)27-20)26-8-7-25-16/h1-4,9-11,21H,5-8H2,(H,22,23,24). The van der Waals surface area contributed by atoms with Gasteiger partial charge in [-0.3, -0.25) is 4.79 Å². The minimum atomic E-state index is -0.0448. The van der Waals surface area contributed by atoms with Crippen molar-refractivity contribution in [3.63, 3.8) is 0 Å². The SMILES string of the molecule is O=C(CCc1c[nH]c2ccccc12)Nc1nc2cc3c(cc2s1)OCCO3. The average molecular weight is 379 g/mol. The Morgan fingerprint density at radius 3 is 2.89 bits per heavy atom. The second-order valence-corrected chi connectivity index (χ2v) is 7.42. The van der Waals surface area contributed by atoms with Crippen LogP contribution in [0.25, 0.3) is 21.1 Å². The number of hydrogen-bond donors (Lipinski definition) is 2. The number of H-pyrrole nitrogens is 1. The van der Waals surface area contributed by atoms with Crippen molar-refractivity contribution in [1.29, 1.82) is 0 Å². The molecule has 2 aromatic carbocycles. The Labute approximate surface area is 159 Å². The molecule has 0 saturated heterocycles. The highest BCUT2D eigenvalue weighted by atomic mass is 32.1. The molecule has 0 aliphatic carbocycles. The molecule has 2 aromatic heterocycles. The highest BCUT2D eigenvalue weighted by Gasteiger charge is 2.16. The zero-order valence-corrected chi connectivity index (χ0v) is 15.3. The largest absolute Gasteiger partial charge is 0.486 e. The maximum absolute atomic E-state index is 12.4. The monoisotopic (exact) mass is 379 g/mol. The molecule has 1 aliphatic rings. The zero-order valence-electron chi connectivity index (χ0n) is 14.5. The van der Waals surface area contributed by atoms with Crippen molar-refractivity contribution in [3.05, 3.63) is 48.2 Å². The lowest BCUT2D eigenvalue weighted by Crippen LogP contribution is -2.15. The predicted molar refractivity (Wildman–Crippen MR) is 106 cm³/mol. The molecule has 7 heteroatoms. The highest BCUT2D eigenvalue weighted by molar-refractivity contribution is 7.22. The van der Waals surface area contributed by atoms with Gasteiger partial charge in [0.15, 0.2) is 16.6 Å². The highest BCUT2D eigenvalue weighted by Crippen LogP contribution is 2.37. The van der Waals surface area contributed by atoms with Gasteiger partial charge in [0, 0.05) is 35.7 Å². The Morgan fingerprint density at radius 2 is 2.00 bits per heavy atom. The minimum Gasteiger partial charge on any atom is -0.486 e. The van der Waals surface area contributed by atoms with Gasteiger partial charge in [0.25, 0.3) is 0 Å². The summed E-state index contributed by atoms with van der Waals surface area (Å²) in [6, 6.07) is 11.9. The molecule has 1 amide bonds. The minimum absolute atomic E-state index is 0.0448. The number of para-hydroxylation sites is 1. The first-order valence-corrected chi connectivity index (χ1v) is 9.63. The average Bonchev–Trinajstić information content (AvgIpc) is 3.27. The third-order valence-corrected chi connectivity index (χ3v) is 5.53. The normalized spacial score (nSPS) is 13.2. The number of fused-ring (bicyclic) bond motifs is 3. The van der Waals surface area contributed by atoms with E-state index in [1.54, 1.807) is 0 Å². The molecule has 0 spiro atoms. The van der Waals surface area contributed by atoms with Crippen LogP contribution in [0.3, 0.4) is 0 Å². The van der Waals surface area contributed by atoms with Gasteiger partial charge in [-0.2, -0.15) is 0 Å². The number of carbonyl (C=O) groups is 1. The van der Waals surface area contributed by atoms with Crippen molar-refractivity contribution < 1.29 is 14.3 Å². The van der Waals surface area contributed by atoms with Gasteiger partial charge in [-0.25, -0.2) is 4.98 Å². The molecule has 4 aromatic rings. The number of rotatable bonds is 4. The molecule has 0 atom stereocenters. The van der Waals surface area contributed by atoms with Crippen LogP contribution >= 0.6 is 11.3 Å². The van der Waals surface area contributed by atoms with Gasteiger partial charge in [0.2, 0.25) is 5.91 Å². The lowest BCUT2D eigenvalue weighted by Gasteiger charge is -2.17. The molecule has 3 heterocycles. The zero-order chi connectivity index (χ0) is 18.2. The Kier molecular flexibility index (Phi) is 3.94. The molecule has 5 rings (SSSR count). The van der Waals surface area contributed by atoms with E-state index in [2.05, 4.69) is 21.4 Å². The summed E-state index contributed by atoms with van der Waals surface area (Å²) in [5, 5.41) is 4.67. The fourth-order valence-electron chi connectivity index (χ4n) is 3.29. The van der Waals surface area contributed by atoms with Crippen molar-refractivity contribution >= 4 is 43.5 Å². The van der Waals surface area contributed by atoms with Crippen LogP contribution in [0.4, 0.5) is 5.13 Å². The summed E-state index contributed by atoms with van der Waals surface area (Å²) in [7, 11) is 0. The first-order chi connectivity index (χ1) is 13.3. The van der Waals surface area contributed by atoms with Gasteiger partial charge in [0.05, 0.1) is 10.2 Å². The third-order valence-electron chi connectivity index (χ3n) is 4.60. The Hall–Kier alpha value is -3.06. The number of amides is 1. The van der Waals surface area contributed by atoms with E-state index in [1.807, 2.05) is 36.5 Å². The molecular formula is C20H17N3O3S. The Morgan fingerprint density at radius 1 is 1.19 bits per heavy atom. The van der Waals surface area contributed by atoms with Crippen LogP contribution in [0.1, 0.15) is 12.0 Å². The van der Waals surface area contributed by atoms with E-state index in [4.69, 9.17) is 9.47 Å². The number of carbonyl (C=O) groups excluding carboxylic acids is 1. The van der Waals surface area contributed by atoms with Crippen LogP contribution in [-0.2, 0) is 11.2 Å². The number of hydrogen-bond acceptors (Lipinski definition) is 5. The fourth-order valence-corrected chi connectivity index (χ4v) is 4.18. The predicted octanol–water partition coefficient (Wildman–Crippen LogP) is 4.12. The second kappa shape index (κ2) is 6.59. The van der Waals surface area contributed by atoms with Crippen molar-refractivity contribution in [3.8, 4) is 11.5 Å². The summed E-state index contributed by atoms with van der Waals surface area (Å²) in [5.41, 5.74) is 3.04. The van der Waals surface area contributed by atoms with E-state index in [0.717, 1.165) is 32.4 Å². The second-order valence-electron chi connectivity index (χ2n) is 6.39. The maximum Gasteiger partial charge on any atom is 0.226 e. The number of aromatic amines is 1. The third kappa shape index (κ3) is 3.10. The maximum atomic E-state index is 12.4. The van der Waals surface area contributed by atoms with E-state index in [-0.39, 0.29) is 5.91 Å². The lowest BCUT2D eigenvalue weighted by molar-refractivity contribution is -0.116. The Bertz CT molecular complexity index is 1110. The van der Waals surface area contributed by atoms with Crippen molar-refractivity contribution in [2.45, 2.75) is 12.8 Å². The van der Waals surface area contributed by atoms with Crippen LogP contribution in [0, 0.1) is 0 Å². The number of nitrogens with one attached hydrogen (secondary N) is 2. The van der Waals surface area contributed by atoms with E-state index < -0.39 is 0 Å². The summed E-state index contributed by atoms with van der Waals surface area (Å²) >= 11 is 1.44. The molecule has 2 N–H and O–H groups in total. The topological polar surface area (TPSA) is 76.2 Å². The smallest absolute Gasteiger partial charge is 0.226 e. The van der Waals surface area contributed by atoms with Gasteiger partial charge < -0.3 is 19.8 Å². The summed E-state index contributed by atoms with van der Waals surface area (Å²) in [6.45, 7) is 1.09. The first kappa shape index (κ1) is 16.1. The number of ether oxygens (including phenoxy) is 2. The number of aryl methyl sites for hydroxylation is 1. The molecule has 0 saturated carbocycles. The van der Waals surface area contributed by atoms with Crippen LogP contribution < -0.4 is 14.8 Å². The van der Waals surface area contributed by atoms with Crippen LogP contribution in [0.15, 0.2) is 42.6 Å². The number of benzene rings is 2. The molecule has 0 bridgehead atoms. The molecule has 0 unspecified atom stereocenters. The molecule has 1 aliphatic heterocycles. The molecule has 27 heavy (non-hydrogen) atoms. The quantitative estimate of drug-likeness (QED) is 0.559. The number of aromatic nitrogens is 2. The van der Waals surface area contributed by atoms with Gasteiger partial charge in [-0.1, -0.05) is 29.5 Å². The van der Waals surface area contributed by atoms with Gasteiger partial charge in [0.1, 0.15) is 13.2 Å². The number of thiazole rings is 1. The fraction of sp³-hybridized carbons (Fsp3) is 0.200. The van der Waals surface area contributed by atoms with E-state index >= 15 is 0 Å². The van der Waals surface area contributed by atoms with Crippen LogP contribution in [-0.4, -0.2) is 29.1 Å². The molecule has 6 nitrogen and oxygen atoms in total. The summed E-state index contributed by atoms with van der Waals surface area (Å²) in [4.78, 5) is 20.1. The van der Waals surface area contributed by atoms with Gasteiger partial charge >= 0.3 is 0 Å². The lowest BCUT2D eigenvalue weighted by atomic mass is 10.1. The van der Waals surface area contributed by atoms with E-state index in [1.165, 1.54) is 11.3 Å². The molecule has 136 valence electrons. The van der Waals surface area contributed by atoms with Gasteiger partial charge in [-0.05, 0) is 18.1 Å². The van der Waals surface area contributed by atoms with Crippen molar-refractivity contribution in [1.82, 2.24) is 9.97 Å². The Balaban J connectivity index is 1.29. The summed E-state index contributed by atoms with van der Waals surface area (Å²) < 4.78 is 12.2. The first-order valence-electron chi connectivity index (χ1n) is 8.81. The molecule has 0 radical (unpaired) electrons. The van der Waals surface area contributed by atoms with Gasteiger partial charge in [-0.15, -0.1) is 0 Å². The van der Waals surface area contributed by atoms with Crippen molar-refractivity contribution in [2.24, 2.45) is 0 Å². The summed E-state index contributed by atoms with van der Waals surface area (Å²) in [6.07, 6.45) is 3.05. The summed E-state index contributed by atoms with van der Waals surface area (Å²) in [5.74, 6) is 1.39. The molecule has 0 fully saturated rings. The van der Waals surface area contributed by atoms with Crippen molar-refractivity contribution in [2.75, 3.05) is 18.5 Å². The van der Waals surface area contributed by atoms with E-state index in [9.17, 15) is 4.79 Å². The number of nitrogens with zero attached hydrogens (tertiary/aromatic N) is 1. The van der Waals surface area contributed by atoms with Crippen LogP contribution in [0.5, 0.6) is 11.5 Å². The van der Waals surface area contributed by atoms with Crippen LogP contribution in [0.2, 0.25) is 0 Å². The molecular weight excluding hydrogens is 362 g/mol. The van der Waals surface area contributed by atoms with E-state index in [0.29, 0.717) is 36.9 Å².